The average Bonchev–Trinajstić information content (AvgIpc) is 2.85. The number of nitrogens with zero attached hydrogens (tertiary/aromatic N) is 2. The van der Waals surface area contributed by atoms with Gasteiger partial charge in [-0.3, -0.25) is 4.79 Å². The van der Waals surface area contributed by atoms with Crippen molar-refractivity contribution < 1.29 is 17.7 Å². The molecule has 0 bridgehead atoms. The van der Waals surface area contributed by atoms with Crippen LogP contribution in [0.2, 0.25) is 0 Å². The first-order chi connectivity index (χ1) is 9.82. The zero-order chi connectivity index (χ0) is 15.3. The lowest BCUT2D eigenvalue weighted by atomic mass is 9.96. The molecular formula is C14H20N2O4S. The summed E-state index contributed by atoms with van der Waals surface area (Å²) in [6, 6.07) is 0. The molecule has 6 nitrogen and oxygen atoms in total. The fourth-order valence-electron chi connectivity index (χ4n) is 3.02. The van der Waals surface area contributed by atoms with Crippen LogP contribution in [0.1, 0.15) is 48.5 Å². The Morgan fingerprint density at radius 3 is 2.71 bits per heavy atom. The minimum absolute atomic E-state index is 0.00205. The van der Waals surface area contributed by atoms with Gasteiger partial charge in [0.2, 0.25) is 5.76 Å². The fraction of sp³-hybridized carbons (Fsp3) is 0.714. The van der Waals surface area contributed by atoms with Gasteiger partial charge in [-0.25, -0.2) is 8.42 Å². The molecule has 1 fully saturated rings. The number of fused-ring (bicyclic) bond motifs is 1. The predicted octanol–water partition coefficient (Wildman–Crippen LogP) is 1.20. The lowest BCUT2D eigenvalue weighted by Gasteiger charge is -2.37. The largest absolute Gasteiger partial charge is 0.350 e. The van der Waals surface area contributed by atoms with E-state index in [1.54, 1.807) is 18.7 Å². The summed E-state index contributed by atoms with van der Waals surface area (Å²) in [4.78, 5) is 14.2. The van der Waals surface area contributed by atoms with Crippen molar-refractivity contribution in [2.75, 3.05) is 18.8 Å². The first-order valence-corrected chi connectivity index (χ1v) is 8.96. The Kier molecular flexibility index (Phi) is 3.35. The van der Waals surface area contributed by atoms with Crippen molar-refractivity contribution in [3.63, 3.8) is 0 Å². The molecule has 0 aromatic carbocycles. The van der Waals surface area contributed by atoms with E-state index in [0.717, 1.165) is 36.9 Å². The number of sulfone groups is 1. The van der Waals surface area contributed by atoms with E-state index in [4.69, 9.17) is 4.52 Å². The second-order valence-electron chi connectivity index (χ2n) is 6.45. The molecule has 2 aliphatic rings. The monoisotopic (exact) mass is 312 g/mol. The fourth-order valence-corrected chi connectivity index (χ4v) is 4.39. The maximum atomic E-state index is 12.6. The molecule has 7 heteroatoms. The summed E-state index contributed by atoms with van der Waals surface area (Å²) in [5.74, 6) is 0.0793. The second kappa shape index (κ2) is 4.83. The third-order valence-corrected chi connectivity index (χ3v) is 7.02. The van der Waals surface area contributed by atoms with Crippen molar-refractivity contribution in [3.8, 4) is 0 Å². The molecular weight excluding hydrogens is 292 g/mol. The van der Waals surface area contributed by atoms with Crippen LogP contribution >= 0.6 is 0 Å². The highest BCUT2D eigenvalue weighted by Crippen LogP contribution is 2.28. The van der Waals surface area contributed by atoms with E-state index < -0.39 is 14.6 Å². The van der Waals surface area contributed by atoms with Gasteiger partial charge in [0.15, 0.2) is 9.84 Å². The highest BCUT2D eigenvalue weighted by molar-refractivity contribution is 7.92. The predicted molar refractivity (Wildman–Crippen MR) is 76.9 cm³/mol. The smallest absolute Gasteiger partial charge is 0.292 e. The van der Waals surface area contributed by atoms with Crippen LogP contribution in [0.15, 0.2) is 4.52 Å². The summed E-state index contributed by atoms with van der Waals surface area (Å²) in [6.45, 7) is 3.75. The van der Waals surface area contributed by atoms with E-state index in [0.29, 0.717) is 5.76 Å². The second-order valence-corrected chi connectivity index (χ2v) is 9.19. The first kappa shape index (κ1) is 14.6. The van der Waals surface area contributed by atoms with E-state index in [9.17, 15) is 13.2 Å². The standard InChI is InChI=1S/C14H20N2O4S/c1-14(2)9-16(7-8-21(14,18)19)13(17)12-10-5-3-4-6-11(10)15-20-12/h3-9H2,1-2H3. The first-order valence-electron chi connectivity index (χ1n) is 7.31. The third kappa shape index (κ3) is 2.37. The zero-order valence-electron chi connectivity index (χ0n) is 12.4. The molecule has 3 rings (SSSR count). The number of aromatic nitrogens is 1. The normalized spacial score (nSPS) is 23.6. The van der Waals surface area contributed by atoms with Crippen molar-refractivity contribution in [3.05, 3.63) is 17.0 Å². The minimum Gasteiger partial charge on any atom is -0.350 e. The van der Waals surface area contributed by atoms with Crippen LogP contribution in [0.3, 0.4) is 0 Å². The molecule has 0 unspecified atom stereocenters. The summed E-state index contributed by atoms with van der Waals surface area (Å²) < 4.78 is 28.4. The van der Waals surface area contributed by atoms with Crippen LogP contribution in [-0.4, -0.2) is 48.0 Å². The van der Waals surface area contributed by atoms with Gasteiger partial charge in [-0.05, 0) is 39.5 Å². The molecule has 0 N–H and O–H groups in total. The molecule has 0 saturated carbocycles. The van der Waals surface area contributed by atoms with E-state index in [1.807, 2.05) is 0 Å². The van der Waals surface area contributed by atoms with Crippen LogP contribution in [0, 0.1) is 0 Å². The highest BCUT2D eigenvalue weighted by Gasteiger charge is 2.42. The minimum atomic E-state index is -3.15. The lowest BCUT2D eigenvalue weighted by molar-refractivity contribution is 0.0700. The van der Waals surface area contributed by atoms with Crippen LogP contribution in [0.25, 0.3) is 0 Å². The summed E-state index contributed by atoms with van der Waals surface area (Å²) in [5.41, 5.74) is 1.80. The Balaban J connectivity index is 1.85. The van der Waals surface area contributed by atoms with Gasteiger partial charge >= 0.3 is 0 Å². The molecule has 1 aromatic rings. The van der Waals surface area contributed by atoms with Gasteiger partial charge in [-0.2, -0.15) is 0 Å². The summed E-state index contributed by atoms with van der Waals surface area (Å²) >= 11 is 0. The number of amides is 1. The molecule has 21 heavy (non-hydrogen) atoms. The molecule has 0 radical (unpaired) electrons. The van der Waals surface area contributed by atoms with Gasteiger partial charge < -0.3 is 9.42 Å². The summed E-state index contributed by atoms with van der Waals surface area (Å²) in [7, 11) is -3.15. The summed E-state index contributed by atoms with van der Waals surface area (Å²) in [6.07, 6.45) is 3.78. The van der Waals surface area contributed by atoms with E-state index >= 15 is 0 Å². The van der Waals surface area contributed by atoms with Gasteiger partial charge in [0.25, 0.3) is 5.91 Å². The van der Waals surface area contributed by atoms with Crippen molar-refractivity contribution in [1.82, 2.24) is 10.1 Å². The molecule has 1 aliphatic heterocycles. The number of hydrogen-bond acceptors (Lipinski definition) is 5. The Morgan fingerprint density at radius 1 is 1.29 bits per heavy atom. The van der Waals surface area contributed by atoms with Crippen molar-refractivity contribution in [2.45, 2.75) is 44.3 Å². The van der Waals surface area contributed by atoms with Gasteiger partial charge in [-0.15, -0.1) is 0 Å². The number of aryl methyl sites for hydroxylation is 1. The van der Waals surface area contributed by atoms with E-state index in [-0.39, 0.29) is 24.7 Å². The maximum absolute atomic E-state index is 12.6. The highest BCUT2D eigenvalue weighted by atomic mass is 32.2. The zero-order valence-corrected chi connectivity index (χ0v) is 13.2. The average molecular weight is 312 g/mol. The maximum Gasteiger partial charge on any atom is 0.292 e. The van der Waals surface area contributed by atoms with Crippen LogP contribution in [0.5, 0.6) is 0 Å². The molecule has 1 aliphatic carbocycles. The van der Waals surface area contributed by atoms with Gasteiger partial charge in [0, 0.05) is 18.7 Å². The Hall–Kier alpha value is -1.37. The quantitative estimate of drug-likeness (QED) is 0.778. The molecule has 1 amide bonds. The SMILES string of the molecule is CC1(C)CN(C(=O)c2onc3c2CCCC3)CCS1(=O)=O. The van der Waals surface area contributed by atoms with Gasteiger partial charge in [0.05, 0.1) is 16.2 Å². The van der Waals surface area contributed by atoms with Crippen molar-refractivity contribution in [1.29, 1.82) is 0 Å². The van der Waals surface area contributed by atoms with Crippen LogP contribution in [-0.2, 0) is 22.7 Å². The van der Waals surface area contributed by atoms with Crippen molar-refractivity contribution >= 4 is 15.7 Å². The van der Waals surface area contributed by atoms with E-state index in [1.165, 1.54) is 0 Å². The number of carbonyl (C=O) groups excluding carboxylic acids is 1. The number of rotatable bonds is 1. The molecule has 2 heterocycles. The van der Waals surface area contributed by atoms with Crippen molar-refractivity contribution in [2.24, 2.45) is 0 Å². The molecule has 0 spiro atoms. The topological polar surface area (TPSA) is 80.5 Å². The van der Waals surface area contributed by atoms with E-state index in [2.05, 4.69) is 5.16 Å². The Labute approximate surface area is 124 Å². The molecule has 116 valence electrons. The number of carbonyl (C=O) groups is 1. The Morgan fingerprint density at radius 2 is 2.00 bits per heavy atom. The third-order valence-electron chi connectivity index (χ3n) is 4.48. The molecule has 1 aromatic heterocycles. The molecule has 0 atom stereocenters. The van der Waals surface area contributed by atoms with Crippen LogP contribution in [0.4, 0.5) is 0 Å². The Bertz CT molecular complexity index is 675. The summed E-state index contributed by atoms with van der Waals surface area (Å²) in [5, 5.41) is 4.00. The van der Waals surface area contributed by atoms with Gasteiger partial charge in [-0.1, -0.05) is 5.16 Å². The number of hydrogen-bond donors (Lipinski definition) is 0. The van der Waals surface area contributed by atoms with Crippen LogP contribution < -0.4 is 0 Å². The molecule has 1 saturated heterocycles. The van der Waals surface area contributed by atoms with Gasteiger partial charge in [0.1, 0.15) is 0 Å². The lowest BCUT2D eigenvalue weighted by Crippen LogP contribution is -2.54.